The highest BCUT2D eigenvalue weighted by molar-refractivity contribution is 5.39. The van der Waals surface area contributed by atoms with Crippen molar-refractivity contribution in [1.29, 1.82) is 0 Å². The summed E-state index contributed by atoms with van der Waals surface area (Å²) in [7, 11) is 0. The van der Waals surface area contributed by atoms with Gasteiger partial charge in [0.05, 0.1) is 11.7 Å². The van der Waals surface area contributed by atoms with Gasteiger partial charge in [0, 0.05) is 0 Å². The van der Waals surface area contributed by atoms with Crippen LogP contribution in [0.15, 0.2) is 12.7 Å². The predicted molar refractivity (Wildman–Crippen MR) is 53.9 cm³/mol. The SMILES string of the molecule is C=CC(C)(CCC1OC1(C)C)OC=O. The van der Waals surface area contributed by atoms with Crippen LogP contribution in [0.4, 0.5) is 0 Å². The van der Waals surface area contributed by atoms with Crippen LogP contribution < -0.4 is 0 Å². The van der Waals surface area contributed by atoms with Gasteiger partial charge in [-0.25, -0.2) is 0 Å². The first kappa shape index (κ1) is 11.2. The summed E-state index contributed by atoms with van der Waals surface area (Å²) in [4.78, 5) is 10.3. The molecule has 1 fully saturated rings. The molecule has 2 atom stereocenters. The van der Waals surface area contributed by atoms with Gasteiger partial charge >= 0.3 is 0 Å². The van der Waals surface area contributed by atoms with Crippen molar-refractivity contribution in [3.8, 4) is 0 Å². The Morgan fingerprint density at radius 1 is 1.64 bits per heavy atom. The van der Waals surface area contributed by atoms with E-state index >= 15 is 0 Å². The van der Waals surface area contributed by atoms with Crippen LogP contribution in [-0.2, 0) is 14.3 Å². The normalized spacial score (nSPS) is 27.5. The summed E-state index contributed by atoms with van der Waals surface area (Å²) in [5.41, 5.74) is -0.549. The lowest BCUT2D eigenvalue weighted by Gasteiger charge is -2.23. The fourth-order valence-electron chi connectivity index (χ4n) is 1.48. The fourth-order valence-corrected chi connectivity index (χ4v) is 1.48. The molecule has 80 valence electrons. The number of carbonyl (C=O) groups excluding carboxylic acids is 1. The van der Waals surface area contributed by atoms with Crippen LogP contribution in [-0.4, -0.2) is 23.8 Å². The van der Waals surface area contributed by atoms with E-state index in [9.17, 15) is 4.79 Å². The molecule has 0 aromatic carbocycles. The predicted octanol–water partition coefficient (Wildman–Crippen LogP) is 2.06. The molecule has 3 heteroatoms. The third-order valence-corrected chi connectivity index (χ3v) is 2.82. The molecule has 1 saturated heterocycles. The Hall–Kier alpha value is -0.830. The number of ether oxygens (including phenoxy) is 2. The molecular formula is C11H18O3. The van der Waals surface area contributed by atoms with Gasteiger partial charge in [-0.05, 0) is 39.7 Å². The van der Waals surface area contributed by atoms with Crippen molar-refractivity contribution >= 4 is 6.47 Å². The zero-order chi connectivity index (χ0) is 10.8. The summed E-state index contributed by atoms with van der Waals surface area (Å²) in [6.45, 7) is 10.1. The molecule has 0 saturated carbocycles. The summed E-state index contributed by atoms with van der Waals surface area (Å²) in [5, 5.41) is 0. The van der Waals surface area contributed by atoms with Crippen molar-refractivity contribution in [3.63, 3.8) is 0 Å². The molecule has 0 aliphatic carbocycles. The van der Waals surface area contributed by atoms with E-state index in [0.29, 0.717) is 6.47 Å². The summed E-state index contributed by atoms with van der Waals surface area (Å²) in [5.74, 6) is 0. The molecule has 0 N–H and O–H groups in total. The average Bonchev–Trinajstić information content (AvgIpc) is 2.72. The summed E-state index contributed by atoms with van der Waals surface area (Å²) >= 11 is 0. The smallest absolute Gasteiger partial charge is 0.293 e. The van der Waals surface area contributed by atoms with Gasteiger partial charge in [0.25, 0.3) is 6.47 Å². The minimum atomic E-state index is -0.552. The van der Waals surface area contributed by atoms with Gasteiger partial charge in [-0.1, -0.05) is 6.58 Å². The van der Waals surface area contributed by atoms with Crippen LogP contribution >= 0.6 is 0 Å². The lowest BCUT2D eigenvalue weighted by molar-refractivity contribution is -0.138. The quantitative estimate of drug-likeness (QED) is 0.372. The third kappa shape index (κ3) is 2.58. The van der Waals surface area contributed by atoms with Gasteiger partial charge in [-0.15, -0.1) is 0 Å². The molecule has 3 nitrogen and oxygen atoms in total. The maximum atomic E-state index is 10.3. The van der Waals surface area contributed by atoms with Crippen molar-refractivity contribution in [2.75, 3.05) is 0 Å². The van der Waals surface area contributed by atoms with E-state index in [1.807, 2.05) is 6.92 Å². The molecule has 2 unspecified atom stereocenters. The lowest BCUT2D eigenvalue weighted by Crippen LogP contribution is -2.26. The Balaban J connectivity index is 2.35. The maximum absolute atomic E-state index is 10.3. The van der Waals surface area contributed by atoms with Gasteiger partial charge < -0.3 is 9.47 Å². The van der Waals surface area contributed by atoms with Crippen LogP contribution in [0.1, 0.15) is 33.6 Å². The monoisotopic (exact) mass is 198 g/mol. The first-order valence-corrected chi connectivity index (χ1v) is 4.86. The second-order valence-electron chi connectivity index (χ2n) is 4.48. The number of hydrogen-bond donors (Lipinski definition) is 0. The minimum Gasteiger partial charge on any atom is -0.457 e. The molecular weight excluding hydrogens is 180 g/mol. The Morgan fingerprint density at radius 2 is 2.21 bits per heavy atom. The van der Waals surface area contributed by atoms with Crippen molar-refractivity contribution in [1.82, 2.24) is 0 Å². The molecule has 0 spiro atoms. The van der Waals surface area contributed by atoms with E-state index in [2.05, 4.69) is 20.4 Å². The van der Waals surface area contributed by atoms with Crippen molar-refractivity contribution in [2.45, 2.75) is 50.9 Å². The van der Waals surface area contributed by atoms with Gasteiger partial charge in [-0.3, -0.25) is 4.79 Å². The zero-order valence-electron chi connectivity index (χ0n) is 9.08. The number of carbonyl (C=O) groups is 1. The zero-order valence-corrected chi connectivity index (χ0v) is 9.08. The number of epoxide rings is 1. The molecule has 1 heterocycles. The average molecular weight is 198 g/mol. The Kier molecular flexibility index (Phi) is 3.00. The van der Waals surface area contributed by atoms with E-state index in [0.717, 1.165) is 12.8 Å². The van der Waals surface area contributed by atoms with Crippen molar-refractivity contribution in [2.24, 2.45) is 0 Å². The standard InChI is InChI=1S/C11H18O3/c1-5-11(4,13-8-12)7-6-9-10(2,3)14-9/h5,8-9H,1,6-7H2,2-4H3. The van der Waals surface area contributed by atoms with Gasteiger partial charge in [0.15, 0.2) is 0 Å². The van der Waals surface area contributed by atoms with Crippen molar-refractivity contribution in [3.05, 3.63) is 12.7 Å². The summed E-state index contributed by atoms with van der Waals surface area (Å²) < 4.78 is 10.4. The third-order valence-electron chi connectivity index (χ3n) is 2.82. The fraction of sp³-hybridized carbons (Fsp3) is 0.727. The molecule has 0 amide bonds. The molecule has 14 heavy (non-hydrogen) atoms. The first-order chi connectivity index (χ1) is 6.43. The topological polar surface area (TPSA) is 38.8 Å². The maximum Gasteiger partial charge on any atom is 0.293 e. The molecule has 0 bridgehead atoms. The van der Waals surface area contributed by atoms with Crippen LogP contribution in [0.2, 0.25) is 0 Å². The number of rotatable bonds is 6. The Bertz CT molecular complexity index is 235. The van der Waals surface area contributed by atoms with Gasteiger partial charge in [0.1, 0.15) is 5.60 Å². The highest BCUT2D eigenvalue weighted by atomic mass is 16.6. The second kappa shape index (κ2) is 3.73. The second-order valence-corrected chi connectivity index (χ2v) is 4.48. The molecule has 0 aromatic heterocycles. The Labute approximate surface area is 85.1 Å². The summed E-state index contributed by atoms with van der Waals surface area (Å²) in [6.07, 6.45) is 3.60. The van der Waals surface area contributed by atoms with E-state index in [4.69, 9.17) is 9.47 Å². The molecule has 0 aromatic rings. The molecule has 1 rings (SSSR count). The van der Waals surface area contributed by atoms with E-state index in [1.165, 1.54) is 0 Å². The van der Waals surface area contributed by atoms with Crippen LogP contribution in [0, 0.1) is 0 Å². The van der Waals surface area contributed by atoms with E-state index < -0.39 is 5.60 Å². The lowest BCUT2D eigenvalue weighted by atomic mass is 9.96. The van der Waals surface area contributed by atoms with Crippen LogP contribution in [0.25, 0.3) is 0 Å². The highest BCUT2D eigenvalue weighted by Gasteiger charge is 2.47. The summed E-state index contributed by atoms with van der Waals surface area (Å²) in [6, 6.07) is 0. The van der Waals surface area contributed by atoms with E-state index in [-0.39, 0.29) is 11.7 Å². The molecule has 1 aliphatic rings. The van der Waals surface area contributed by atoms with Gasteiger partial charge in [-0.2, -0.15) is 0 Å². The van der Waals surface area contributed by atoms with E-state index in [1.54, 1.807) is 6.08 Å². The largest absolute Gasteiger partial charge is 0.457 e. The molecule has 1 aliphatic heterocycles. The van der Waals surface area contributed by atoms with Crippen molar-refractivity contribution < 1.29 is 14.3 Å². The number of hydrogen-bond acceptors (Lipinski definition) is 3. The van der Waals surface area contributed by atoms with Gasteiger partial charge in [0.2, 0.25) is 0 Å². The first-order valence-electron chi connectivity index (χ1n) is 4.86. The minimum absolute atomic E-state index is 0.00323. The Morgan fingerprint density at radius 3 is 2.57 bits per heavy atom. The molecule has 0 radical (unpaired) electrons. The van der Waals surface area contributed by atoms with Crippen LogP contribution in [0.3, 0.4) is 0 Å². The highest BCUT2D eigenvalue weighted by Crippen LogP contribution is 2.39. The van der Waals surface area contributed by atoms with Crippen LogP contribution in [0.5, 0.6) is 0 Å².